The summed E-state index contributed by atoms with van der Waals surface area (Å²) in [5, 5.41) is 12.3. The lowest BCUT2D eigenvalue weighted by Gasteiger charge is -2.16. The van der Waals surface area contributed by atoms with Crippen molar-refractivity contribution in [2.75, 3.05) is 20.1 Å². The Morgan fingerprint density at radius 2 is 2.12 bits per heavy atom. The van der Waals surface area contributed by atoms with E-state index in [0.717, 1.165) is 19.5 Å². The Morgan fingerprint density at radius 1 is 1.44 bits per heavy atom. The largest absolute Gasteiger partial charge is 0.508 e. The van der Waals surface area contributed by atoms with Crippen molar-refractivity contribution in [3.8, 4) is 5.75 Å². The summed E-state index contributed by atoms with van der Waals surface area (Å²) in [5.41, 5.74) is 0.634. The highest BCUT2D eigenvalue weighted by Crippen LogP contribution is 2.15. The number of carbonyl (C=O) groups excluding carboxylic acids is 1. The van der Waals surface area contributed by atoms with Gasteiger partial charge in [-0.25, -0.2) is 0 Å². The number of hydrogen-bond acceptors (Lipinski definition) is 3. The topological polar surface area (TPSA) is 52.6 Å². The molecule has 0 saturated carbocycles. The molecule has 86 valence electrons. The fourth-order valence-corrected chi connectivity index (χ4v) is 1.97. The maximum atomic E-state index is 12.0. The Kier molecular flexibility index (Phi) is 3.10. The average molecular weight is 220 g/mol. The fourth-order valence-electron chi connectivity index (χ4n) is 1.97. The molecule has 16 heavy (non-hydrogen) atoms. The van der Waals surface area contributed by atoms with E-state index in [2.05, 4.69) is 5.32 Å². The first-order valence-electron chi connectivity index (χ1n) is 5.46. The molecule has 1 heterocycles. The number of phenolic OH excluding ortho intramolecular Hbond substituents is 1. The van der Waals surface area contributed by atoms with Crippen LogP contribution < -0.4 is 5.32 Å². The van der Waals surface area contributed by atoms with Crippen LogP contribution in [0.15, 0.2) is 24.3 Å². The van der Waals surface area contributed by atoms with E-state index in [1.807, 2.05) is 11.9 Å². The lowest BCUT2D eigenvalue weighted by atomic mass is 10.2. The second-order valence-electron chi connectivity index (χ2n) is 4.07. The molecule has 0 bridgehead atoms. The lowest BCUT2D eigenvalue weighted by Crippen LogP contribution is -2.33. The van der Waals surface area contributed by atoms with Gasteiger partial charge in [0, 0.05) is 24.7 Å². The van der Waals surface area contributed by atoms with Crippen molar-refractivity contribution in [2.45, 2.75) is 12.5 Å². The second kappa shape index (κ2) is 4.53. The van der Waals surface area contributed by atoms with Crippen molar-refractivity contribution in [1.82, 2.24) is 10.2 Å². The predicted molar refractivity (Wildman–Crippen MR) is 61.5 cm³/mol. The number of amides is 1. The van der Waals surface area contributed by atoms with Crippen molar-refractivity contribution < 1.29 is 9.90 Å². The van der Waals surface area contributed by atoms with Crippen LogP contribution in [0.4, 0.5) is 0 Å². The van der Waals surface area contributed by atoms with E-state index < -0.39 is 0 Å². The van der Waals surface area contributed by atoms with E-state index >= 15 is 0 Å². The summed E-state index contributed by atoms with van der Waals surface area (Å²) in [6.07, 6.45) is 1.00. The van der Waals surface area contributed by atoms with Crippen molar-refractivity contribution in [3.05, 3.63) is 29.8 Å². The summed E-state index contributed by atoms with van der Waals surface area (Å²) >= 11 is 0. The number of nitrogens with zero attached hydrogens (tertiary/aromatic N) is 1. The van der Waals surface area contributed by atoms with Crippen molar-refractivity contribution in [3.63, 3.8) is 0 Å². The van der Waals surface area contributed by atoms with E-state index in [9.17, 15) is 4.79 Å². The highest BCUT2D eigenvalue weighted by Gasteiger charge is 2.25. The van der Waals surface area contributed by atoms with Gasteiger partial charge in [-0.05, 0) is 37.7 Å². The molecule has 1 aromatic rings. The molecule has 1 fully saturated rings. The monoisotopic (exact) mass is 220 g/mol. The summed E-state index contributed by atoms with van der Waals surface area (Å²) in [4.78, 5) is 13.9. The van der Waals surface area contributed by atoms with Gasteiger partial charge in [-0.3, -0.25) is 4.79 Å². The minimum atomic E-state index is 0.0396. The summed E-state index contributed by atoms with van der Waals surface area (Å²) < 4.78 is 0. The maximum Gasteiger partial charge on any atom is 0.253 e. The average Bonchev–Trinajstić information content (AvgIpc) is 2.77. The van der Waals surface area contributed by atoms with Crippen LogP contribution in [0.3, 0.4) is 0 Å². The molecular formula is C12H16N2O2. The van der Waals surface area contributed by atoms with Gasteiger partial charge in [0.05, 0.1) is 0 Å². The summed E-state index contributed by atoms with van der Waals surface area (Å²) in [5.74, 6) is 0.226. The Balaban J connectivity index is 2.05. The van der Waals surface area contributed by atoms with Crippen LogP contribution in [0.1, 0.15) is 16.8 Å². The van der Waals surface area contributed by atoms with Crippen LogP contribution in [0.25, 0.3) is 0 Å². The molecule has 0 aromatic heterocycles. The number of rotatable bonds is 2. The molecule has 1 aromatic carbocycles. The number of nitrogens with one attached hydrogen (secondary N) is 1. The first-order chi connectivity index (χ1) is 7.70. The third-order valence-corrected chi connectivity index (χ3v) is 3.00. The van der Waals surface area contributed by atoms with Crippen LogP contribution in [-0.4, -0.2) is 42.1 Å². The number of aromatic hydroxyl groups is 1. The smallest absolute Gasteiger partial charge is 0.253 e. The Morgan fingerprint density at radius 3 is 2.69 bits per heavy atom. The minimum absolute atomic E-state index is 0.0396. The summed E-state index contributed by atoms with van der Waals surface area (Å²) in [6.45, 7) is 1.56. The van der Waals surface area contributed by atoms with Gasteiger partial charge in [-0.2, -0.15) is 0 Å². The minimum Gasteiger partial charge on any atom is -0.508 e. The van der Waals surface area contributed by atoms with Gasteiger partial charge in [0.25, 0.3) is 5.91 Å². The van der Waals surface area contributed by atoms with Gasteiger partial charge < -0.3 is 15.3 Å². The molecule has 1 unspecified atom stereocenters. The quantitative estimate of drug-likeness (QED) is 0.776. The predicted octanol–water partition coefficient (Wildman–Crippen LogP) is 0.826. The van der Waals surface area contributed by atoms with E-state index in [1.54, 1.807) is 24.3 Å². The molecule has 4 nitrogen and oxygen atoms in total. The van der Waals surface area contributed by atoms with Gasteiger partial charge in [-0.1, -0.05) is 0 Å². The van der Waals surface area contributed by atoms with Crippen LogP contribution >= 0.6 is 0 Å². The van der Waals surface area contributed by atoms with Crippen LogP contribution in [0, 0.1) is 0 Å². The van der Waals surface area contributed by atoms with Gasteiger partial charge in [0.15, 0.2) is 0 Å². The normalized spacial score (nSPS) is 20.1. The van der Waals surface area contributed by atoms with Gasteiger partial charge in [0.2, 0.25) is 0 Å². The molecule has 1 aliphatic rings. The van der Waals surface area contributed by atoms with Crippen LogP contribution in [0.2, 0.25) is 0 Å². The first-order valence-corrected chi connectivity index (χ1v) is 5.46. The number of likely N-dealkylation sites (tertiary alicyclic amines) is 1. The molecule has 4 heteroatoms. The van der Waals surface area contributed by atoms with E-state index in [4.69, 9.17) is 5.11 Å². The number of phenols is 1. The van der Waals surface area contributed by atoms with E-state index in [0.29, 0.717) is 11.6 Å². The van der Waals surface area contributed by atoms with Crippen LogP contribution in [-0.2, 0) is 0 Å². The highest BCUT2D eigenvalue weighted by atomic mass is 16.3. The summed E-state index contributed by atoms with van der Waals surface area (Å²) in [7, 11) is 1.92. The molecule has 2 N–H and O–H groups in total. The SMILES string of the molecule is CNC1CCN(C(=O)c2ccc(O)cc2)C1. The zero-order chi connectivity index (χ0) is 11.5. The molecule has 0 radical (unpaired) electrons. The van der Waals surface area contributed by atoms with E-state index in [1.165, 1.54) is 0 Å². The van der Waals surface area contributed by atoms with Crippen molar-refractivity contribution >= 4 is 5.91 Å². The number of likely N-dealkylation sites (N-methyl/N-ethyl adjacent to an activating group) is 1. The zero-order valence-electron chi connectivity index (χ0n) is 9.31. The highest BCUT2D eigenvalue weighted by molar-refractivity contribution is 5.94. The standard InChI is InChI=1S/C12H16N2O2/c1-13-10-6-7-14(8-10)12(16)9-2-4-11(15)5-3-9/h2-5,10,13,15H,6-8H2,1H3. The van der Waals surface area contributed by atoms with Gasteiger partial charge in [0.1, 0.15) is 5.75 Å². The van der Waals surface area contributed by atoms with Gasteiger partial charge >= 0.3 is 0 Å². The fraction of sp³-hybridized carbons (Fsp3) is 0.417. The second-order valence-corrected chi connectivity index (χ2v) is 4.07. The van der Waals surface area contributed by atoms with Crippen molar-refractivity contribution in [2.24, 2.45) is 0 Å². The molecule has 2 rings (SSSR count). The molecule has 1 atom stereocenters. The Bertz CT molecular complexity index is 375. The summed E-state index contributed by atoms with van der Waals surface area (Å²) in [6, 6.07) is 6.80. The third-order valence-electron chi connectivity index (χ3n) is 3.00. The van der Waals surface area contributed by atoms with Crippen molar-refractivity contribution in [1.29, 1.82) is 0 Å². The Hall–Kier alpha value is -1.55. The Labute approximate surface area is 94.9 Å². The molecule has 1 amide bonds. The van der Waals surface area contributed by atoms with Gasteiger partial charge in [-0.15, -0.1) is 0 Å². The number of benzene rings is 1. The molecule has 0 spiro atoms. The van der Waals surface area contributed by atoms with Crippen LogP contribution in [0.5, 0.6) is 5.75 Å². The van der Waals surface area contributed by atoms with E-state index in [-0.39, 0.29) is 11.7 Å². The maximum absolute atomic E-state index is 12.0. The number of carbonyl (C=O) groups is 1. The zero-order valence-corrected chi connectivity index (χ0v) is 9.31. The molecule has 1 aliphatic heterocycles. The first kappa shape index (κ1) is 11.0. The molecule has 0 aliphatic carbocycles. The number of hydrogen-bond donors (Lipinski definition) is 2. The molecular weight excluding hydrogens is 204 g/mol. The molecule has 1 saturated heterocycles. The lowest BCUT2D eigenvalue weighted by molar-refractivity contribution is 0.0789. The third kappa shape index (κ3) is 2.17.